The third-order valence-corrected chi connectivity index (χ3v) is 4.09. The molecule has 1 atom stereocenters. The number of ether oxygens (including phenoxy) is 2. The Morgan fingerprint density at radius 3 is 2.50 bits per heavy atom. The summed E-state index contributed by atoms with van der Waals surface area (Å²) < 4.78 is 10.5. The van der Waals surface area contributed by atoms with Gasteiger partial charge < -0.3 is 20.1 Å². The van der Waals surface area contributed by atoms with E-state index in [4.69, 9.17) is 21.1 Å². The van der Waals surface area contributed by atoms with Gasteiger partial charge in [-0.25, -0.2) is 9.97 Å². The summed E-state index contributed by atoms with van der Waals surface area (Å²) in [5, 5.41) is 6.35. The van der Waals surface area contributed by atoms with Crippen molar-refractivity contribution in [3.8, 4) is 11.5 Å². The lowest BCUT2D eigenvalue weighted by Crippen LogP contribution is -2.20. The second-order valence-corrected chi connectivity index (χ2v) is 6.22. The van der Waals surface area contributed by atoms with Crippen LogP contribution in [0.1, 0.15) is 36.5 Å². The number of halogens is 1. The molecule has 2 N–H and O–H groups in total. The van der Waals surface area contributed by atoms with Crippen molar-refractivity contribution in [3.63, 3.8) is 0 Å². The number of carbonyl (C=O) groups excluding carboxylic acids is 1. The molecule has 1 aromatic carbocycles. The molecule has 0 aliphatic heterocycles. The van der Waals surface area contributed by atoms with E-state index in [0.717, 1.165) is 6.42 Å². The molecule has 0 saturated carbocycles. The van der Waals surface area contributed by atoms with Crippen molar-refractivity contribution >= 4 is 29.1 Å². The molecule has 0 aliphatic rings. The highest BCUT2D eigenvalue weighted by atomic mass is 35.5. The van der Waals surface area contributed by atoms with Crippen LogP contribution in [0.15, 0.2) is 18.2 Å². The molecule has 0 radical (unpaired) electrons. The standard InChI is InChI=1S/C18H23ClN4O3/c1-6-10(2)20-18-21-11(3)7-14(23-18)17(24)22-13-9-15(25-4)12(19)8-16(13)26-5/h7-10H,6H2,1-5H3,(H,22,24)(H,20,21,23). The van der Waals surface area contributed by atoms with E-state index in [-0.39, 0.29) is 17.6 Å². The van der Waals surface area contributed by atoms with E-state index >= 15 is 0 Å². The summed E-state index contributed by atoms with van der Waals surface area (Å²) in [5.41, 5.74) is 1.38. The summed E-state index contributed by atoms with van der Waals surface area (Å²) in [4.78, 5) is 21.3. The summed E-state index contributed by atoms with van der Waals surface area (Å²) in [5.74, 6) is 0.893. The fraction of sp³-hybridized carbons (Fsp3) is 0.389. The van der Waals surface area contributed by atoms with Crippen LogP contribution in [0.2, 0.25) is 5.02 Å². The molecule has 0 spiro atoms. The van der Waals surface area contributed by atoms with Crippen LogP contribution < -0.4 is 20.1 Å². The minimum absolute atomic E-state index is 0.202. The van der Waals surface area contributed by atoms with Gasteiger partial charge in [0, 0.05) is 23.9 Å². The zero-order chi connectivity index (χ0) is 19.3. The molecule has 0 fully saturated rings. The average molecular weight is 379 g/mol. The number of amides is 1. The second kappa shape index (κ2) is 8.71. The van der Waals surface area contributed by atoms with Crippen LogP contribution in [0.5, 0.6) is 11.5 Å². The van der Waals surface area contributed by atoms with E-state index in [1.165, 1.54) is 14.2 Å². The fourth-order valence-electron chi connectivity index (χ4n) is 2.22. The number of nitrogens with one attached hydrogen (secondary N) is 2. The van der Waals surface area contributed by atoms with Crippen LogP contribution in [-0.2, 0) is 0 Å². The molecule has 2 aromatic rings. The highest BCUT2D eigenvalue weighted by molar-refractivity contribution is 6.32. The Labute approximate surface area is 158 Å². The normalized spacial score (nSPS) is 11.6. The number of carbonyl (C=O) groups is 1. The second-order valence-electron chi connectivity index (χ2n) is 5.81. The van der Waals surface area contributed by atoms with E-state index in [1.807, 2.05) is 13.8 Å². The van der Waals surface area contributed by atoms with E-state index in [0.29, 0.717) is 33.9 Å². The van der Waals surface area contributed by atoms with Crippen molar-refractivity contribution in [2.45, 2.75) is 33.2 Å². The van der Waals surface area contributed by atoms with Gasteiger partial charge in [0.25, 0.3) is 5.91 Å². The predicted molar refractivity (Wildman–Crippen MR) is 103 cm³/mol. The lowest BCUT2D eigenvalue weighted by atomic mass is 10.2. The molecule has 0 bridgehead atoms. The highest BCUT2D eigenvalue weighted by Gasteiger charge is 2.16. The summed E-state index contributed by atoms with van der Waals surface area (Å²) in [6, 6.07) is 5.01. The van der Waals surface area contributed by atoms with Gasteiger partial charge >= 0.3 is 0 Å². The SMILES string of the molecule is CCC(C)Nc1nc(C)cc(C(=O)Nc2cc(OC)c(Cl)cc2OC)n1. The van der Waals surface area contributed by atoms with Gasteiger partial charge in [-0.1, -0.05) is 18.5 Å². The van der Waals surface area contributed by atoms with Crippen molar-refractivity contribution in [1.82, 2.24) is 9.97 Å². The fourth-order valence-corrected chi connectivity index (χ4v) is 2.45. The number of aromatic nitrogens is 2. The first-order valence-corrected chi connectivity index (χ1v) is 8.60. The average Bonchev–Trinajstić information content (AvgIpc) is 2.61. The van der Waals surface area contributed by atoms with Crippen molar-refractivity contribution in [3.05, 3.63) is 34.6 Å². The monoisotopic (exact) mass is 378 g/mol. The van der Waals surface area contributed by atoms with Crippen molar-refractivity contribution < 1.29 is 14.3 Å². The summed E-state index contributed by atoms with van der Waals surface area (Å²) in [6.45, 7) is 5.89. The lowest BCUT2D eigenvalue weighted by molar-refractivity contribution is 0.102. The van der Waals surface area contributed by atoms with Crippen LogP contribution in [0.4, 0.5) is 11.6 Å². The van der Waals surface area contributed by atoms with Crippen LogP contribution >= 0.6 is 11.6 Å². The third kappa shape index (κ3) is 4.76. The zero-order valence-electron chi connectivity index (χ0n) is 15.5. The largest absolute Gasteiger partial charge is 0.495 e. The minimum Gasteiger partial charge on any atom is -0.495 e. The number of aryl methyl sites for hydroxylation is 1. The summed E-state index contributed by atoms with van der Waals surface area (Å²) in [7, 11) is 3.00. The van der Waals surface area contributed by atoms with E-state index in [1.54, 1.807) is 18.2 Å². The lowest BCUT2D eigenvalue weighted by Gasteiger charge is -2.14. The molecule has 140 valence electrons. The Morgan fingerprint density at radius 1 is 1.19 bits per heavy atom. The third-order valence-electron chi connectivity index (χ3n) is 3.80. The maximum Gasteiger partial charge on any atom is 0.274 e. The Kier molecular flexibility index (Phi) is 6.63. The van der Waals surface area contributed by atoms with Crippen molar-refractivity contribution in [1.29, 1.82) is 0 Å². The Balaban J connectivity index is 2.30. The smallest absolute Gasteiger partial charge is 0.274 e. The summed E-state index contributed by atoms with van der Waals surface area (Å²) >= 11 is 6.09. The Bertz CT molecular complexity index is 798. The molecule has 8 heteroatoms. The van der Waals surface area contributed by atoms with E-state index < -0.39 is 0 Å². The number of nitrogens with zero attached hydrogens (tertiary/aromatic N) is 2. The van der Waals surface area contributed by atoms with Crippen molar-refractivity contribution in [2.75, 3.05) is 24.9 Å². The first kappa shape index (κ1) is 19.8. The molecule has 1 unspecified atom stereocenters. The molecule has 26 heavy (non-hydrogen) atoms. The minimum atomic E-state index is -0.384. The molecule has 1 aromatic heterocycles. The van der Waals surface area contributed by atoms with Gasteiger partial charge in [0.05, 0.1) is 24.9 Å². The molecule has 1 amide bonds. The predicted octanol–water partition coefficient (Wildman–Crippen LogP) is 3.92. The van der Waals surface area contributed by atoms with Gasteiger partial charge in [-0.2, -0.15) is 0 Å². The topological polar surface area (TPSA) is 85.4 Å². The Hall–Kier alpha value is -2.54. The molecule has 2 rings (SSSR count). The number of rotatable bonds is 7. The molecule has 0 aliphatic carbocycles. The van der Waals surface area contributed by atoms with Gasteiger partial charge in [-0.15, -0.1) is 0 Å². The molecular weight excluding hydrogens is 356 g/mol. The molecule has 0 saturated heterocycles. The number of anilines is 2. The van der Waals surface area contributed by atoms with Crippen LogP contribution in [0.25, 0.3) is 0 Å². The van der Waals surface area contributed by atoms with Gasteiger partial charge in [-0.05, 0) is 26.3 Å². The summed E-state index contributed by atoms with van der Waals surface area (Å²) in [6.07, 6.45) is 0.917. The van der Waals surface area contributed by atoms with Crippen LogP contribution in [0.3, 0.4) is 0 Å². The van der Waals surface area contributed by atoms with Crippen molar-refractivity contribution in [2.24, 2.45) is 0 Å². The van der Waals surface area contributed by atoms with E-state index in [2.05, 4.69) is 27.5 Å². The number of methoxy groups -OCH3 is 2. The maximum absolute atomic E-state index is 12.7. The van der Waals surface area contributed by atoms with Gasteiger partial charge in [0.1, 0.15) is 17.2 Å². The first-order chi connectivity index (χ1) is 12.4. The Morgan fingerprint density at radius 2 is 1.88 bits per heavy atom. The molecular formula is C18H23ClN4O3. The first-order valence-electron chi connectivity index (χ1n) is 8.23. The highest BCUT2D eigenvalue weighted by Crippen LogP contribution is 2.36. The van der Waals surface area contributed by atoms with Gasteiger partial charge in [0.15, 0.2) is 0 Å². The number of benzene rings is 1. The zero-order valence-corrected chi connectivity index (χ0v) is 16.3. The quantitative estimate of drug-likeness (QED) is 0.759. The van der Waals surface area contributed by atoms with Crippen LogP contribution in [0, 0.1) is 6.92 Å². The van der Waals surface area contributed by atoms with Gasteiger partial charge in [0.2, 0.25) is 5.95 Å². The maximum atomic E-state index is 12.7. The number of hydrogen-bond acceptors (Lipinski definition) is 6. The van der Waals surface area contributed by atoms with Crippen LogP contribution in [-0.4, -0.2) is 36.1 Å². The molecule has 1 heterocycles. The van der Waals surface area contributed by atoms with Gasteiger partial charge in [-0.3, -0.25) is 4.79 Å². The molecule has 7 nitrogen and oxygen atoms in total. The number of hydrogen-bond donors (Lipinski definition) is 2. The van der Waals surface area contributed by atoms with E-state index in [9.17, 15) is 4.79 Å².